The number of nitrogens with one attached hydrogen (secondary N) is 2. The third kappa shape index (κ3) is 5.47. The number of fused-ring (bicyclic) bond motifs is 1. The third-order valence-electron chi connectivity index (χ3n) is 5.95. The summed E-state index contributed by atoms with van der Waals surface area (Å²) in [5.41, 5.74) is 10.8. The molecule has 0 fully saturated rings. The van der Waals surface area contributed by atoms with E-state index in [1.807, 2.05) is 71.6 Å². The predicted molar refractivity (Wildman–Crippen MR) is 131 cm³/mol. The monoisotopic (exact) mass is 440 g/mol. The Balaban J connectivity index is 1.39. The first kappa shape index (κ1) is 22.3. The summed E-state index contributed by atoms with van der Waals surface area (Å²) in [7, 11) is 0. The van der Waals surface area contributed by atoms with Crippen molar-refractivity contribution in [3.63, 3.8) is 0 Å². The van der Waals surface area contributed by atoms with Crippen LogP contribution in [0.5, 0.6) is 0 Å². The van der Waals surface area contributed by atoms with Crippen molar-refractivity contribution >= 4 is 23.3 Å². The molecule has 0 saturated carbocycles. The van der Waals surface area contributed by atoms with Gasteiger partial charge in [-0.2, -0.15) is 0 Å². The molecule has 0 aromatic heterocycles. The number of nitrogens with zero attached hydrogens (tertiary/aromatic N) is 1. The van der Waals surface area contributed by atoms with Crippen LogP contribution in [0.3, 0.4) is 0 Å². The number of rotatable bonds is 7. The van der Waals surface area contributed by atoms with Crippen molar-refractivity contribution in [1.29, 1.82) is 5.41 Å². The molecule has 3 aromatic carbocycles. The van der Waals surface area contributed by atoms with Crippen LogP contribution in [0.1, 0.15) is 45.5 Å². The van der Waals surface area contributed by atoms with Gasteiger partial charge in [-0.3, -0.25) is 15.0 Å². The van der Waals surface area contributed by atoms with E-state index in [0.717, 1.165) is 35.2 Å². The van der Waals surface area contributed by atoms with Crippen LogP contribution < -0.4 is 16.0 Å². The van der Waals surface area contributed by atoms with Gasteiger partial charge in [-0.15, -0.1) is 0 Å². The lowest BCUT2D eigenvalue weighted by Gasteiger charge is -2.30. The van der Waals surface area contributed by atoms with Gasteiger partial charge in [-0.1, -0.05) is 54.6 Å². The summed E-state index contributed by atoms with van der Waals surface area (Å²) in [5.74, 6) is 0.00245. The van der Waals surface area contributed by atoms with Crippen LogP contribution in [0.4, 0.5) is 5.69 Å². The highest BCUT2D eigenvalue weighted by Gasteiger charge is 2.23. The van der Waals surface area contributed by atoms with E-state index in [1.54, 1.807) is 6.07 Å². The molecule has 0 aliphatic carbocycles. The summed E-state index contributed by atoms with van der Waals surface area (Å²) < 4.78 is 0. The average Bonchev–Trinajstić information content (AvgIpc) is 2.86. The largest absolute Gasteiger partial charge is 0.384 e. The molecule has 2 amide bonds. The van der Waals surface area contributed by atoms with Crippen molar-refractivity contribution in [2.45, 2.75) is 32.2 Å². The Morgan fingerprint density at radius 1 is 0.939 bits per heavy atom. The van der Waals surface area contributed by atoms with Gasteiger partial charge in [0.2, 0.25) is 5.91 Å². The molecule has 0 unspecified atom stereocenters. The maximum absolute atomic E-state index is 13.0. The van der Waals surface area contributed by atoms with E-state index < -0.39 is 0 Å². The van der Waals surface area contributed by atoms with Gasteiger partial charge in [0.05, 0.1) is 0 Å². The summed E-state index contributed by atoms with van der Waals surface area (Å²) >= 11 is 0. The molecule has 6 nitrogen and oxygen atoms in total. The molecular formula is C27H28N4O2. The van der Waals surface area contributed by atoms with Gasteiger partial charge in [-0.25, -0.2) is 0 Å². The zero-order valence-electron chi connectivity index (χ0n) is 18.5. The molecule has 0 radical (unpaired) electrons. The van der Waals surface area contributed by atoms with E-state index in [2.05, 4.69) is 5.32 Å². The summed E-state index contributed by atoms with van der Waals surface area (Å²) in [4.78, 5) is 27.5. The number of amides is 2. The SMILES string of the molecule is N=C(N)c1ccc(CCC(=O)N2CCCc3cc(C(=O)NCc4ccccc4)ccc32)cc1. The molecule has 168 valence electrons. The molecule has 0 spiro atoms. The number of nitrogen functional groups attached to an aromatic ring is 1. The van der Waals surface area contributed by atoms with Crippen LogP contribution >= 0.6 is 0 Å². The maximum atomic E-state index is 13.0. The first-order chi connectivity index (χ1) is 16.0. The van der Waals surface area contributed by atoms with Crippen molar-refractivity contribution < 1.29 is 9.59 Å². The first-order valence-electron chi connectivity index (χ1n) is 11.2. The fourth-order valence-corrected chi connectivity index (χ4v) is 4.11. The van der Waals surface area contributed by atoms with Gasteiger partial charge in [0.15, 0.2) is 0 Å². The van der Waals surface area contributed by atoms with E-state index >= 15 is 0 Å². The van der Waals surface area contributed by atoms with Crippen molar-refractivity contribution in [1.82, 2.24) is 5.32 Å². The number of carbonyl (C=O) groups excluding carboxylic acids is 2. The minimum Gasteiger partial charge on any atom is -0.384 e. The smallest absolute Gasteiger partial charge is 0.251 e. The van der Waals surface area contributed by atoms with Gasteiger partial charge in [0, 0.05) is 36.3 Å². The van der Waals surface area contributed by atoms with Crippen LogP contribution in [0.25, 0.3) is 0 Å². The van der Waals surface area contributed by atoms with Gasteiger partial charge >= 0.3 is 0 Å². The number of carbonyl (C=O) groups is 2. The van der Waals surface area contributed by atoms with Gasteiger partial charge < -0.3 is 16.0 Å². The standard InChI is InChI=1S/C27H28N4O2/c28-26(29)21-11-8-19(9-12-21)10-15-25(32)31-16-4-7-22-17-23(13-14-24(22)31)27(33)30-18-20-5-2-1-3-6-20/h1-3,5-6,8-9,11-14,17H,4,7,10,15-16,18H2,(H3,28,29)(H,30,33). The molecule has 3 aromatic rings. The molecule has 1 heterocycles. The second-order valence-corrected chi connectivity index (χ2v) is 8.27. The Bertz CT molecular complexity index is 1160. The Morgan fingerprint density at radius 3 is 2.39 bits per heavy atom. The number of hydrogen-bond acceptors (Lipinski definition) is 3. The lowest BCUT2D eigenvalue weighted by atomic mass is 9.98. The van der Waals surface area contributed by atoms with Crippen LogP contribution in [0.15, 0.2) is 72.8 Å². The Kier molecular flexibility index (Phi) is 6.83. The maximum Gasteiger partial charge on any atom is 0.251 e. The zero-order valence-corrected chi connectivity index (χ0v) is 18.5. The van der Waals surface area contributed by atoms with Crippen molar-refractivity contribution in [3.05, 3.63) is 101 Å². The molecule has 33 heavy (non-hydrogen) atoms. The van der Waals surface area contributed by atoms with Gasteiger partial charge in [0.1, 0.15) is 5.84 Å². The predicted octanol–water partition coefficient (Wildman–Crippen LogP) is 3.81. The zero-order chi connectivity index (χ0) is 23.2. The number of hydrogen-bond donors (Lipinski definition) is 3. The normalized spacial score (nSPS) is 12.7. The first-order valence-corrected chi connectivity index (χ1v) is 11.2. The van der Waals surface area contributed by atoms with Crippen LogP contribution in [-0.2, 0) is 24.2 Å². The molecule has 0 bridgehead atoms. The van der Waals surface area contributed by atoms with Crippen molar-refractivity contribution in [3.8, 4) is 0 Å². The fourth-order valence-electron chi connectivity index (χ4n) is 4.11. The van der Waals surface area contributed by atoms with E-state index in [-0.39, 0.29) is 17.6 Å². The molecule has 1 aliphatic heterocycles. The van der Waals surface area contributed by atoms with Crippen molar-refractivity contribution in [2.24, 2.45) is 5.73 Å². The number of amidine groups is 1. The number of anilines is 1. The lowest BCUT2D eigenvalue weighted by Crippen LogP contribution is -2.35. The van der Waals surface area contributed by atoms with Crippen LogP contribution in [0, 0.1) is 5.41 Å². The molecule has 0 atom stereocenters. The highest BCUT2D eigenvalue weighted by atomic mass is 16.2. The van der Waals surface area contributed by atoms with E-state index in [1.165, 1.54) is 0 Å². The third-order valence-corrected chi connectivity index (χ3v) is 5.95. The minimum atomic E-state index is -0.112. The molecule has 4 rings (SSSR count). The quantitative estimate of drug-likeness (QED) is 0.385. The molecule has 6 heteroatoms. The minimum absolute atomic E-state index is 0.0377. The Morgan fingerprint density at radius 2 is 1.67 bits per heavy atom. The van der Waals surface area contributed by atoms with Crippen LogP contribution in [0.2, 0.25) is 0 Å². The van der Waals surface area contributed by atoms with Gasteiger partial charge in [0.25, 0.3) is 5.91 Å². The van der Waals surface area contributed by atoms with Crippen molar-refractivity contribution in [2.75, 3.05) is 11.4 Å². The summed E-state index contributed by atoms with van der Waals surface area (Å²) in [5, 5.41) is 10.4. The summed E-state index contributed by atoms with van der Waals surface area (Å²) in [6.45, 7) is 1.17. The molecule has 4 N–H and O–H groups in total. The van der Waals surface area contributed by atoms with E-state index in [9.17, 15) is 9.59 Å². The average molecular weight is 441 g/mol. The lowest BCUT2D eigenvalue weighted by molar-refractivity contribution is -0.118. The molecular weight excluding hydrogens is 412 g/mol. The Hall–Kier alpha value is -3.93. The number of aryl methyl sites for hydroxylation is 2. The molecule has 0 saturated heterocycles. The highest BCUT2D eigenvalue weighted by molar-refractivity contribution is 5.98. The van der Waals surface area contributed by atoms with E-state index in [0.29, 0.717) is 37.1 Å². The second-order valence-electron chi connectivity index (χ2n) is 8.27. The topological polar surface area (TPSA) is 99.3 Å². The second kappa shape index (κ2) is 10.1. The highest BCUT2D eigenvalue weighted by Crippen LogP contribution is 2.29. The van der Waals surface area contributed by atoms with E-state index in [4.69, 9.17) is 11.1 Å². The summed E-state index contributed by atoms with van der Waals surface area (Å²) in [6, 6.07) is 22.9. The number of benzene rings is 3. The Labute approximate surface area is 193 Å². The molecule has 1 aliphatic rings. The summed E-state index contributed by atoms with van der Waals surface area (Å²) in [6.07, 6.45) is 2.76. The van der Waals surface area contributed by atoms with Crippen LogP contribution in [-0.4, -0.2) is 24.2 Å². The van der Waals surface area contributed by atoms with Gasteiger partial charge in [-0.05, 0) is 54.2 Å². The number of nitrogens with two attached hydrogens (primary N) is 1. The fraction of sp³-hybridized carbons (Fsp3) is 0.222.